The molecule has 0 bridgehead atoms. The summed E-state index contributed by atoms with van der Waals surface area (Å²) in [6.45, 7) is 7.26. The average molecular weight is 405 g/mol. The first-order valence-corrected chi connectivity index (χ1v) is 10.9. The van der Waals surface area contributed by atoms with Gasteiger partial charge in [-0.1, -0.05) is 11.6 Å². The Bertz CT molecular complexity index is 713. The van der Waals surface area contributed by atoms with E-state index in [0.29, 0.717) is 16.0 Å². The smallest absolute Gasteiger partial charge is 0.254 e. The number of benzene rings is 1. The van der Waals surface area contributed by atoms with Crippen molar-refractivity contribution >= 4 is 23.2 Å². The predicted molar refractivity (Wildman–Crippen MR) is 115 cm³/mol. The summed E-state index contributed by atoms with van der Waals surface area (Å²) in [6, 6.07) is 6.59. The van der Waals surface area contributed by atoms with Crippen molar-refractivity contribution in [2.45, 2.75) is 31.7 Å². The number of likely N-dealkylation sites (tertiary alicyclic amines) is 2. The number of hydrogen-bond acceptors (Lipinski definition) is 4. The molecule has 3 fully saturated rings. The van der Waals surface area contributed by atoms with Crippen LogP contribution < -0.4 is 4.90 Å². The number of carbonyl (C=O) groups excluding carboxylic acids is 1. The molecule has 1 aromatic carbocycles. The third-order valence-corrected chi connectivity index (χ3v) is 7.37. The predicted octanol–water partition coefficient (Wildman–Crippen LogP) is 3.04. The van der Waals surface area contributed by atoms with Gasteiger partial charge in [0, 0.05) is 52.0 Å². The molecule has 0 atom stereocenters. The maximum absolute atomic E-state index is 12.2. The Hall–Kier alpha value is -1.30. The van der Waals surface area contributed by atoms with Gasteiger partial charge in [-0.15, -0.1) is 0 Å². The van der Waals surface area contributed by atoms with Crippen LogP contribution >= 0.6 is 11.6 Å². The van der Waals surface area contributed by atoms with Crippen LogP contribution in [0.15, 0.2) is 18.2 Å². The molecule has 28 heavy (non-hydrogen) atoms. The van der Waals surface area contributed by atoms with Crippen LogP contribution in [-0.4, -0.2) is 87.1 Å². The monoisotopic (exact) mass is 404 g/mol. The van der Waals surface area contributed by atoms with Crippen molar-refractivity contribution in [1.29, 1.82) is 0 Å². The standard InChI is InChI=1S/C22H33ClN4O/c1-24(2)21(28)19-5-4-18(14-20(19)23)26-10-6-17(7-11-26)27-15-22(16-27)8-12-25(3)13-9-22/h4-5,14,17H,6-13,15-16H2,1-3H3. The summed E-state index contributed by atoms with van der Waals surface area (Å²) >= 11 is 6.41. The van der Waals surface area contributed by atoms with E-state index in [1.54, 1.807) is 19.0 Å². The molecular formula is C22H33ClN4O. The largest absolute Gasteiger partial charge is 0.371 e. The van der Waals surface area contributed by atoms with Gasteiger partial charge >= 0.3 is 0 Å². The maximum atomic E-state index is 12.2. The van der Waals surface area contributed by atoms with Gasteiger partial charge in [0.25, 0.3) is 5.91 Å². The summed E-state index contributed by atoms with van der Waals surface area (Å²) in [5.41, 5.74) is 2.33. The molecule has 0 unspecified atom stereocenters. The molecule has 0 aromatic heterocycles. The van der Waals surface area contributed by atoms with E-state index in [0.717, 1.165) is 24.8 Å². The minimum atomic E-state index is -0.0455. The Balaban J connectivity index is 1.30. The Kier molecular flexibility index (Phi) is 5.60. The molecule has 3 aliphatic heterocycles. The number of piperidine rings is 2. The molecule has 1 spiro atoms. The van der Waals surface area contributed by atoms with Gasteiger partial charge in [-0.2, -0.15) is 0 Å². The highest BCUT2D eigenvalue weighted by molar-refractivity contribution is 6.34. The first kappa shape index (κ1) is 20.0. The zero-order valence-electron chi connectivity index (χ0n) is 17.5. The zero-order chi connectivity index (χ0) is 19.9. The molecule has 0 N–H and O–H groups in total. The van der Waals surface area contributed by atoms with Crippen LogP contribution in [0.1, 0.15) is 36.0 Å². The van der Waals surface area contributed by atoms with Gasteiger partial charge in [-0.05, 0) is 69.4 Å². The highest BCUT2D eigenvalue weighted by Gasteiger charge is 2.46. The molecule has 0 aliphatic carbocycles. The van der Waals surface area contributed by atoms with E-state index in [1.807, 2.05) is 18.2 Å². The minimum absolute atomic E-state index is 0.0455. The second-order valence-electron chi connectivity index (χ2n) is 9.29. The van der Waals surface area contributed by atoms with E-state index in [-0.39, 0.29) is 5.91 Å². The number of nitrogens with zero attached hydrogens (tertiary/aromatic N) is 4. The molecule has 0 saturated carbocycles. The second kappa shape index (κ2) is 7.85. The molecule has 3 saturated heterocycles. The van der Waals surface area contributed by atoms with Gasteiger partial charge in [0.15, 0.2) is 0 Å². The van der Waals surface area contributed by atoms with E-state index in [4.69, 9.17) is 11.6 Å². The molecular weight excluding hydrogens is 372 g/mol. The van der Waals surface area contributed by atoms with Crippen molar-refractivity contribution < 1.29 is 4.79 Å². The van der Waals surface area contributed by atoms with Crippen molar-refractivity contribution in [1.82, 2.24) is 14.7 Å². The number of halogens is 1. The molecule has 154 valence electrons. The molecule has 3 heterocycles. The minimum Gasteiger partial charge on any atom is -0.371 e. The maximum Gasteiger partial charge on any atom is 0.254 e. The molecule has 6 heteroatoms. The lowest BCUT2D eigenvalue weighted by atomic mass is 9.71. The Labute approximate surface area is 174 Å². The van der Waals surface area contributed by atoms with Crippen LogP contribution in [0.2, 0.25) is 5.02 Å². The summed E-state index contributed by atoms with van der Waals surface area (Å²) in [4.78, 5) is 21.4. The van der Waals surface area contributed by atoms with Crippen LogP contribution in [0.25, 0.3) is 0 Å². The number of anilines is 1. The summed E-state index contributed by atoms with van der Waals surface area (Å²) in [5, 5.41) is 0.547. The van der Waals surface area contributed by atoms with E-state index < -0.39 is 0 Å². The van der Waals surface area contributed by atoms with Crippen molar-refractivity contribution in [3.8, 4) is 0 Å². The molecule has 3 aliphatic rings. The normalized spacial score (nSPS) is 23.6. The van der Waals surface area contributed by atoms with Gasteiger partial charge in [-0.3, -0.25) is 9.69 Å². The van der Waals surface area contributed by atoms with Crippen LogP contribution in [0.3, 0.4) is 0 Å². The Morgan fingerprint density at radius 3 is 2.32 bits per heavy atom. The lowest BCUT2D eigenvalue weighted by Gasteiger charge is -2.57. The summed E-state index contributed by atoms with van der Waals surface area (Å²) in [7, 11) is 5.75. The lowest BCUT2D eigenvalue weighted by molar-refractivity contribution is -0.0704. The van der Waals surface area contributed by atoms with E-state index in [1.165, 1.54) is 51.9 Å². The summed E-state index contributed by atoms with van der Waals surface area (Å²) < 4.78 is 0. The highest BCUT2D eigenvalue weighted by Crippen LogP contribution is 2.42. The van der Waals surface area contributed by atoms with Crippen LogP contribution in [0, 0.1) is 5.41 Å². The van der Waals surface area contributed by atoms with E-state index in [2.05, 4.69) is 21.7 Å². The van der Waals surface area contributed by atoms with E-state index >= 15 is 0 Å². The molecule has 5 nitrogen and oxygen atoms in total. The van der Waals surface area contributed by atoms with Gasteiger partial charge in [0.05, 0.1) is 10.6 Å². The summed E-state index contributed by atoms with van der Waals surface area (Å²) in [5.74, 6) is -0.0455. The number of rotatable bonds is 3. The fraction of sp³-hybridized carbons (Fsp3) is 0.682. The Morgan fingerprint density at radius 2 is 1.75 bits per heavy atom. The SMILES string of the molecule is CN1CCC2(CC1)CN(C1CCN(c3ccc(C(=O)N(C)C)c(Cl)c3)CC1)C2. The Morgan fingerprint density at radius 1 is 1.11 bits per heavy atom. The molecule has 4 rings (SSSR count). The fourth-order valence-electron chi connectivity index (χ4n) is 5.09. The van der Waals surface area contributed by atoms with E-state index in [9.17, 15) is 4.79 Å². The molecule has 1 aromatic rings. The topological polar surface area (TPSA) is 30.0 Å². The van der Waals surface area contributed by atoms with Crippen molar-refractivity contribution in [3.63, 3.8) is 0 Å². The van der Waals surface area contributed by atoms with Gasteiger partial charge in [0.1, 0.15) is 0 Å². The first-order valence-electron chi connectivity index (χ1n) is 10.6. The van der Waals surface area contributed by atoms with Crippen molar-refractivity contribution in [2.75, 3.05) is 65.3 Å². The lowest BCUT2D eigenvalue weighted by Crippen LogP contribution is -2.63. The van der Waals surface area contributed by atoms with Crippen LogP contribution in [0.5, 0.6) is 0 Å². The quantitative estimate of drug-likeness (QED) is 0.774. The molecule has 0 radical (unpaired) electrons. The van der Waals surface area contributed by atoms with Gasteiger partial charge in [0.2, 0.25) is 0 Å². The highest BCUT2D eigenvalue weighted by atomic mass is 35.5. The zero-order valence-corrected chi connectivity index (χ0v) is 18.2. The van der Waals surface area contributed by atoms with Crippen molar-refractivity contribution in [3.05, 3.63) is 28.8 Å². The van der Waals surface area contributed by atoms with Gasteiger partial charge < -0.3 is 14.7 Å². The van der Waals surface area contributed by atoms with Crippen molar-refractivity contribution in [2.24, 2.45) is 5.41 Å². The fourth-order valence-corrected chi connectivity index (χ4v) is 5.34. The summed E-state index contributed by atoms with van der Waals surface area (Å²) in [6.07, 6.45) is 5.17. The average Bonchev–Trinajstić information content (AvgIpc) is 2.66. The van der Waals surface area contributed by atoms with Crippen LogP contribution in [-0.2, 0) is 0 Å². The third-order valence-electron chi connectivity index (χ3n) is 7.06. The first-order chi connectivity index (χ1) is 13.4. The second-order valence-corrected chi connectivity index (χ2v) is 9.70. The van der Waals surface area contributed by atoms with Gasteiger partial charge in [-0.25, -0.2) is 0 Å². The number of hydrogen-bond donors (Lipinski definition) is 0. The van der Waals surface area contributed by atoms with Crippen LogP contribution in [0.4, 0.5) is 5.69 Å². The number of amides is 1. The third kappa shape index (κ3) is 3.89. The molecule has 1 amide bonds. The number of carbonyl (C=O) groups is 1.